The standard InChI is InChI=1S/C25H40O8/c1-24-9-7-13(26)11-12(24)3-4-14-15-5-6-17(25(15,2)10-8-16(14)24)32-23-20(29)18(27)19(28)21(33-23)22(30)31/h12-21,23,26-29H,3-11H2,1-2H3,(H,30,31)/t12?,13-,14-,15-,16-,17-,18-,19-,20+,21-,23?,24-,25-/m0/s1. The molecule has 0 radical (unpaired) electrons. The van der Waals surface area contributed by atoms with Crippen LogP contribution in [0.25, 0.3) is 0 Å². The van der Waals surface area contributed by atoms with Crippen LogP contribution in [0.15, 0.2) is 0 Å². The number of carboxylic acid groups (broad SMARTS) is 1. The Morgan fingerprint density at radius 1 is 0.848 bits per heavy atom. The molecule has 4 aliphatic carbocycles. The summed E-state index contributed by atoms with van der Waals surface area (Å²) in [6, 6.07) is 0. The van der Waals surface area contributed by atoms with Gasteiger partial charge in [0.25, 0.3) is 0 Å². The number of fused-ring (bicyclic) bond motifs is 5. The molecule has 5 aliphatic rings. The van der Waals surface area contributed by atoms with E-state index in [0.29, 0.717) is 29.1 Å². The highest BCUT2D eigenvalue weighted by Crippen LogP contribution is 2.66. The van der Waals surface area contributed by atoms with E-state index in [2.05, 4.69) is 13.8 Å². The van der Waals surface area contributed by atoms with Gasteiger partial charge in [0.2, 0.25) is 0 Å². The van der Waals surface area contributed by atoms with Gasteiger partial charge in [0.05, 0.1) is 12.2 Å². The van der Waals surface area contributed by atoms with Crippen LogP contribution in [-0.2, 0) is 14.3 Å². The van der Waals surface area contributed by atoms with Gasteiger partial charge in [0, 0.05) is 0 Å². The Hall–Kier alpha value is -0.770. The molecule has 0 amide bonds. The molecule has 8 nitrogen and oxygen atoms in total. The third-order valence-electron chi connectivity index (χ3n) is 10.7. The highest BCUT2D eigenvalue weighted by atomic mass is 16.7. The van der Waals surface area contributed by atoms with Crippen molar-refractivity contribution < 1.29 is 39.8 Å². The molecule has 0 aromatic carbocycles. The van der Waals surface area contributed by atoms with E-state index in [1.165, 1.54) is 12.8 Å². The maximum atomic E-state index is 11.5. The summed E-state index contributed by atoms with van der Waals surface area (Å²) in [6.07, 6.45) is 1.15. The van der Waals surface area contributed by atoms with Gasteiger partial charge in [-0.25, -0.2) is 4.79 Å². The highest BCUT2D eigenvalue weighted by Gasteiger charge is 2.61. The van der Waals surface area contributed by atoms with Crippen molar-refractivity contribution in [2.45, 2.75) is 115 Å². The largest absolute Gasteiger partial charge is 0.479 e. The molecule has 2 unspecified atom stereocenters. The average Bonchev–Trinajstić information content (AvgIpc) is 3.10. The molecule has 5 fully saturated rings. The van der Waals surface area contributed by atoms with E-state index in [4.69, 9.17) is 9.47 Å². The van der Waals surface area contributed by atoms with Crippen LogP contribution >= 0.6 is 0 Å². The molecule has 13 atom stereocenters. The monoisotopic (exact) mass is 468 g/mol. The predicted octanol–water partition coefficient (Wildman–Crippen LogP) is 1.67. The smallest absolute Gasteiger partial charge is 0.335 e. The number of aliphatic hydroxyl groups is 4. The van der Waals surface area contributed by atoms with Crippen LogP contribution in [0.4, 0.5) is 0 Å². The van der Waals surface area contributed by atoms with E-state index < -0.39 is 36.7 Å². The second-order valence-corrected chi connectivity index (χ2v) is 12.1. The van der Waals surface area contributed by atoms with Crippen LogP contribution < -0.4 is 0 Å². The summed E-state index contributed by atoms with van der Waals surface area (Å²) in [5, 5.41) is 50.2. The lowest BCUT2D eigenvalue weighted by molar-refractivity contribution is -0.313. The predicted molar refractivity (Wildman–Crippen MR) is 117 cm³/mol. The second-order valence-electron chi connectivity index (χ2n) is 12.1. The fraction of sp³-hybridized carbons (Fsp3) is 0.960. The summed E-state index contributed by atoms with van der Waals surface area (Å²) in [5.74, 6) is 0.987. The van der Waals surface area contributed by atoms with Gasteiger partial charge in [-0.15, -0.1) is 0 Å². The molecule has 5 rings (SSSR count). The first-order valence-electron chi connectivity index (χ1n) is 12.8. The van der Waals surface area contributed by atoms with Crippen molar-refractivity contribution in [3.05, 3.63) is 0 Å². The summed E-state index contributed by atoms with van der Waals surface area (Å²) in [6.45, 7) is 4.72. The third kappa shape index (κ3) is 3.67. The Bertz CT molecular complexity index is 761. The van der Waals surface area contributed by atoms with Crippen LogP contribution in [0.5, 0.6) is 0 Å². The van der Waals surface area contributed by atoms with Crippen molar-refractivity contribution in [2.75, 3.05) is 0 Å². The van der Waals surface area contributed by atoms with E-state index in [1.54, 1.807) is 0 Å². The molecule has 0 spiro atoms. The minimum atomic E-state index is -1.70. The van der Waals surface area contributed by atoms with E-state index in [0.717, 1.165) is 44.9 Å². The van der Waals surface area contributed by atoms with Crippen LogP contribution in [0.2, 0.25) is 0 Å². The van der Waals surface area contributed by atoms with Crippen molar-refractivity contribution in [1.29, 1.82) is 0 Å². The SMILES string of the molecule is C[C@]12CC[C@H]3[C@@H](CCC4C[C@@H](O)CC[C@@]43C)[C@@H]1CC[C@@H]2OC1O[C@H](C(=O)O)[C@@H](O)[C@H](O)[C@H]1O. The van der Waals surface area contributed by atoms with Crippen LogP contribution in [0, 0.1) is 34.5 Å². The zero-order chi connectivity index (χ0) is 23.7. The lowest BCUT2D eigenvalue weighted by atomic mass is 9.45. The van der Waals surface area contributed by atoms with Gasteiger partial charge in [0.15, 0.2) is 12.4 Å². The summed E-state index contributed by atoms with van der Waals surface area (Å²) < 4.78 is 11.6. The lowest BCUT2D eigenvalue weighted by Gasteiger charge is -2.61. The maximum absolute atomic E-state index is 11.5. The first-order valence-corrected chi connectivity index (χ1v) is 12.8. The third-order valence-corrected chi connectivity index (χ3v) is 10.7. The van der Waals surface area contributed by atoms with Crippen LogP contribution in [0.3, 0.4) is 0 Å². The van der Waals surface area contributed by atoms with Crippen molar-refractivity contribution in [2.24, 2.45) is 34.5 Å². The van der Waals surface area contributed by atoms with Crippen molar-refractivity contribution in [3.63, 3.8) is 0 Å². The van der Waals surface area contributed by atoms with Gasteiger partial charge in [-0.3, -0.25) is 0 Å². The summed E-state index contributed by atoms with van der Waals surface area (Å²) in [4.78, 5) is 11.5. The summed E-state index contributed by atoms with van der Waals surface area (Å²) >= 11 is 0. The molecule has 0 aromatic rings. The molecule has 1 aliphatic heterocycles. The molecular weight excluding hydrogens is 428 g/mol. The first kappa shape index (κ1) is 23.9. The molecule has 1 saturated heterocycles. The van der Waals surface area contributed by atoms with Crippen molar-refractivity contribution >= 4 is 5.97 Å². The lowest BCUT2D eigenvalue weighted by Crippen LogP contribution is -2.61. The molecule has 4 saturated carbocycles. The topological polar surface area (TPSA) is 137 Å². The Balaban J connectivity index is 1.32. The number of carboxylic acids is 1. The average molecular weight is 469 g/mol. The molecule has 0 bridgehead atoms. The highest BCUT2D eigenvalue weighted by molar-refractivity contribution is 5.73. The molecular formula is C25H40O8. The van der Waals surface area contributed by atoms with E-state index in [-0.39, 0.29) is 17.6 Å². The fourth-order valence-corrected chi connectivity index (χ4v) is 8.74. The molecule has 5 N–H and O–H groups in total. The normalized spacial score (nSPS) is 56.5. The Morgan fingerprint density at radius 3 is 2.27 bits per heavy atom. The van der Waals surface area contributed by atoms with E-state index >= 15 is 0 Å². The number of ether oxygens (including phenoxy) is 2. The summed E-state index contributed by atoms with van der Waals surface area (Å²) in [7, 11) is 0. The van der Waals surface area contributed by atoms with Gasteiger partial charge in [0.1, 0.15) is 18.3 Å². The number of hydrogen-bond donors (Lipinski definition) is 5. The minimum Gasteiger partial charge on any atom is -0.479 e. The van der Waals surface area contributed by atoms with E-state index in [1.807, 2.05) is 0 Å². The zero-order valence-corrected chi connectivity index (χ0v) is 19.7. The number of rotatable bonds is 3. The first-order chi connectivity index (χ1) is 15.6. The number of hydrogen-bond acceptors (Lipinski definition) is 7. The maximum Gasteiger partial charge on any atom is 0.335 e. The van der Waals surface area contributed by atoms with Gasteiger partial charge < -0.3 is 35.0 Å². The van der Waals surface area contributed by atoms with Crippen LogP contribution in [-0.4, -0.2) is 74.4 Å². The van der Waals surface area contributed by atoms with Crippen LogP contribution in [0.1, 0.15) is 71.6 Å². The van der Waals surface area contributed by atoms with Crippen molar-refractivity contribution in [3.8, 4) is 0 Å². The minimum absolute atomic E-state index is 0.0959. The molecule has 188 valence electrons. The number of carbonyl (C=O) groups is 1. The second kappa shape index (κ2) is 8.42. The fourth-order valence-electron chi connectivity index (χ4n) is 8.74. The van der Waals surface area contributed by atoms with Gasteiger partial charge >= 0.3 is 5.97 Å². The molecule has 33 heavy (non-hydrogen) atoms. The number of aliphatic carboxylic acids is 1. The molecule has 8 heteroatoms. The Labute approximate surface area is 195 Å². The Kier molecular flexibility index (Phi) is 6.11. The van der Waals surface area contributed by atoms with Gasteiger partial charge in [-0.1, -0.05) is 13.8 Å². The molecule has 1 heterocycles. The number of aliphatic hydroxyl groups excluding tert-OH is 4. The van der Waals surface area contributed by atoms with Gasteiger partial charge in [-0.05, 0) is 92.3 Å². The quantitative estimate of drug-likeness (QED) is 0.422. The molecule has 0 aromatic heterocycles. The van der Waals surface area contributed by atoms with Gasteiger partial charge in [-0.2, -0.15) is 0 Å². The zero-order valence-electron chi connectivity index (χ0n) is 19.7. The van der Waals surface area contributed by atoms with Crippen molar-refractivity contribution in [1.82, 2.24) is 0 Å². The Morgan fingerprint density at radius 2 is 1.55 bits per heavy atom. The van der Waals surface area contributed by atoms with E-state index in [9.17, 15) is 30.3 Å². The summed E-state index contributed by atoms with van der Waals surface area (Å²) in [5.41, 5.74) is 0.196.